The van der Waals surface area contributed by atoms with Gasteiger partial charge in [0, 0.05) is 12.2 Å². The topological polar surface area (TPSA) is 40.7 Å². The Bertz CT molecular complexity index is 586. The molecule has 1 atom stereocenters. The van der Waals surface area contributed by atoms with E-state index in [2.05, 4.69) is 48.4 Å². The second-order valence-electron chi connectivity index (χ2n) is 5.56. The molecule has 0 bridgehead atoms. The average Bonchev–Trinajstić information content (AvgIpc) is 2.90. The lowest BCUT2D eigenvalue weighted by atomic mass is 9.95. The predicted molar refractivity (Wildman–Crippen MR) is 81.7 cm³/mol. The van der Waals surface area contributed by atoms with Crippen LogP contribution in [0.25, 0.3) is 0 Å². The van der Waals surface area contributed by atoms with Crippen molar-refractivity contribution in [2.45, 2.75) is 52.1 Å². The minimum Gasteiger partial charge on any atom is -0.344 e. The van der Waals surface area contributed by atoms with Crippen LogP contribution in [0.4, 0.5) is 0 Å². The van der Waals surface area contributed by atoms with Crippen molar-refractivity contribution in [1.29, 1.82) is 0 Å². The summed E-state index contributed by atoms with van der Waals surface area (Å²) in [4.78, 5) is 8.39. The quantitative estimate of drug-likeness (QED) is 0.894. The van der Waals surface area contributed by atoms with Crippen molar-refractivity contribution < 1.29 is 0 Å². The fourth-order valence-corrected chi connectivity index (χ4v) is 3.03. The van der Waals surface area contributed by atoms with E-state index in [4.69, 9.17) is 4.98 Å². The largest absolute Gasteiger partial charge is 0.344 e. The van der Waals surface area contributed by atoms with Crippen LogP contribution in [0.2, 0.25) is 0 Å². The summed E-state index contributed by atoms with van der Waals surface area (Å²) in [6.45, 7) is 5.34. The molecule has 1 aromatic heterocycles. The van der Waals surface area contributed by atoms with Crippen molar-refractivity contribution in [1.82, 2.24) is 15.3 Å². The Labute approximate surface area is 120 Å². The smallest absolute Gasteiger partial charge is 0.124 e. The minimum absolute atomic E-state index is 0.320. The monoisotopic (exact) mass is 269 g/mol. The zero-order chi connectivity index (χ0) is 13.9. The maximum absolute atomic E-state index is 4.83. The normalized spacial score (nSPS) is 18.0. The minimum atomic E-state index is 0.320. The maximum atomic E-state index is 4.83. The second kappa shape index (κ2) is 5.80. The number of aromatic amines is 1. The molecule has 0 radical (unpaired) electrons. The molecule has 2 aromatic rings. The van der Waals surface area contributed by atoms with E-state index in [-0.39, 0.29) is 0 Å². The summed E-state index contributed by atoms with van der Waals surface area (Å²) in [5.74, 6) is 1.11. The predicted octanol–water partition coefficient (Wildman–Crippen LogP) is 3.31. The van der Waals surface area contributed by atoms with Crippen molar-refractivity contribution in [3.63, 3.8) is 0 Å². The van der Waals surface area contributed by atoms with Gasteiger partial charge < -0.3 is 10.3 Å². The van der Waals surface area contributed by atoms with Crippen molar-refractivity contribution >= 4 is 0 Å². The fourth-order valence-electron chi connectivity index (χ4n) is 3.03. The summed E-state index contributed by atoms with van der Waals surface area (Å²) in [7, 11) is 0. The number of benzene rings is 1. The van der Waals surface area contributed by atoms with Gasteiger partial charge in [0.2, 0.25) is 0 Å². The molecule has 0 saturated carbocycles. The highest BCUT2D eigenvalue weighted by atomic mass is 15.0. The van der Waals surface area contributed by atoms with Gasteiger partial charge >= 0.3 is 0 Å². The Kier molecular flexibility index (Phi) is 3.88. The van der Waals surface area contributed by atoms with Crippen LogP contribution in [0, 0.1) is 0 Å². The van der Waals surface area contributed by atoms with Gasteiger partial charge in [-0.05, 0) is 30.4 Å². The molecule has 1 aromatic carbocycles. The van der Waals surface area contributed by atoms with Crippen molar-refractivity contribution in [2.75, 3.05) is 0 Å². The summed E-state index contributed by atoms with van der Waals surface area (Å²) in [6, 6.07) is 9.01. The molecule has 1 unspecified atom stereocenters. The van der Waals surface area contributed by atoms with Crippen LogP contribution >= 0.6 is 0 Å². The molecule has 1 aliphatic heterocycles. The van der Waals surface area contributed by atoms with Crippen molar-refractivity contribution in [2.24, 2.45) is 0 Å². The van der Waals surface area contributed by atoms with Crippen LogP contribution in [-0.2, 0) is 25.8 Å². The first-order chi connectivity index (χ1) is 9.81. The number of H-pyrrole nitrogens is 1. The number of nitrogens with zero attached hydrogens (tertiary/aromatic N) is 1. The van der Waals surface area contributed by atoms with Crippen LogP contribution < -0.4 is 5.32 Å². The molecule has 2 heterocycles. The zero-order valence-electron chi connectivity index (χ0n) is 12.4. The molecule has 0 amide bonds. The first-order valence-electron chi connectivity index (χ1n) is 7.69. The molecule has 3 rings (SSSR count). The van der Waals surface area contributed by atoms with E-state index in [9.17, 15) is 0 Å². The first kappa shape index (κ1) is 13.4. The van der Waals surface area contributed by atoms with Crippen LogP contribution in [0.15, 0.2) is 24.3 Å². The molecule has 0 fully saturated rings. The van der Waals surface area contributed by atoms with E-state index < -0.39 is 0 Å². The SMILES string of the molecule is CCCc1[nH]c(C2Cc3ccccc3CN2)nc1CC. The number of hydrogen-bond acceptors (Lipinski definition) is 2. The van der Waals surface area contributed by atoms with Gasteiger partial charge in [-0.3, -0.25) is 0 Å². The van der Waals surface area contributed by atoms with E-state index in [1.807, 2.05) is 0 Å². The molecule has 1 aliphatic rings. The Morgan fingerprint density at radius 2 is 2.00 bits per heavy atom. The molecule has 3 nitrogen and oxygen atoms in total. The Hall–Kier alpha value is -1.61. The van der Waals surface area contributed by atoms with Crippen LogP contribution in [0.1, 0.15) is 54.6 Å². The van der Waals surface area contributed by atoms with E-state index in [0.717, 1.165) is 38.1 Å². The Morgan fingerprint density at radius 3 is 2.75 bits per heavy atom. The van der Waals surface area contributed by atoms with Gasteiger partial charge in [0.15, 0.2) is 0 Å². The van der Waals surface area contributed by atoms with Gasteiger partial charge in [0.05, 0.1) is 11.7 Å². The summed E-state index contributed by atoms with van der Waals surface area (Å²) in [6.07, 6.45) is 4.29. The van der Waals surface area contributed by atoms with Crippen LogP contribution in [0.5, 0.6) is 0 Å². The number of aryl methyl sites for hydroxylation is 2. The number of nitrogens with one attached hydrogen (secondary N) is 2. The molecule has 20 heavy (non-hydrogen) atoms. The van der Waals surface area contributed by atoms with Crippen LogP contribution in [0.3, 0.4) is 0 Å². The second-order valence-corrected chi connectivity index (χ2v) is 5.56. The van der Waals surface area contributed by atoms with Crippen LogP contribution in [-0.4, -0.2) is 9.97 Å². The van der Waals surface area contributed by atoms with Crippen molar-refractivity contribution in [3.05, 3.63) is 52.6 Å². The molecule has 0 saturated heterocycles. The lowest BCUT2D eigenvalue weighted by Crippen LogP contribution is -2.29. The summed E-state index contributed by atoms with van der Waals surface area (Å²) in [5, 5.41) is 3.60. The molecule has 2 N–H and O–H groups in total. The van der Waals surface area contributed by atoms with E-state index >= 15 is 0 Å². The summed E-state index contributed by atoms with van der Waals surface area (Å²) in [5.41, 5.74) is 5.43. The lowest BCUT2D eigenvalue weighted by Gasteiger charge is -2.24. The number of hydrogen-bond donors (Lipinski definition) is 2. The highest BCUT2D eigenvalue weighted by molar-refractivity contribution is 5.31. The van der Waals surface area contributed by atoms with Crippen molar-refractivity contribution in [3.8, 4) is 0 Å². The van der Waals surface area contributed by atoms with E-state index in [0.29, 0.717) is 6.04 Å². The number of rotatable bonds is 4. The maximum Gasteiger partial charge on any atom is 0.124 e. The number of aromatic nitrogens is 2. The standard InChI is InChI=1S/C17H23N3/c1-3-7-15-14(4-2)19-17(20-15)16-10-12-8-5-6-9-13(12)11-18-16/h5-6,8-9,16,18H,3-4,7,10-11H2,1-2H3,(H,19,20). The highest BCUT2D eigenvalue weighted by Crippen LogP contribution is 2.25. The molecule has 0 aliphatic carbocycles. The lowest BCUT2D eigenvalue weighted by molar-refractivity contribution is 0.479. The Balaban J connectivity index is 1.84. The van der Waals surface area contributed by atoms with Gasteiger partial charge in [-0.25, -0.2) is 4.98 Å². The fraction of sp³-hybridized carbons (Fsp3) is 0.471. The zero-order valence-corrected chi connectivity index (χ0v) is 12.4. The van der Waals surface area contributed by atoms with E-state index in [1.54, 1.807) is 0 Å². The number of fused-ring (bicyclic) bond motifs is 1. The molecule has 3 heteroatoms. The molecular weight excluding hydrogens is 246 g/mol. The van der Waals surface area contributed by atoms with Gasteiger partial charge in [0.25, 0.3) is 0 Å². The highest BCUT2D eigenvalue weighted by Gasteiger charge is 2.22. The first-order valence-corrected chi connectivity index (χ1v) is 7.69. The number of imidazole rings is 1. The molecular formula is C17H23N3. The molecule has 0 spiro atoms. The third-order valence-electron chi connectivity index (χ3n) is 4.13. The average molecular weight is 269 g/mol. The summed E-state index contributed by atoms with van der Waals surface area (Å²) >= 11 is 0. The van der Waals surface area contributed by atoms with Gasteiger partial charge in [-0.1, -0.05) is 44.5 Å². The molecule has 106 valence electrons. The van der Waals surface area contributed by atoms with E-state index in [1.165, 1.54) is 22.5 Å². The summed E-state index contributed by atoms with van der Waals surface area (Å²) < 4.78 is 0. The van der Waals surface area contributed by atoms with Gasteiger partial charge in [0.1, 0.15) is 5.82 Å². The Morgan fingerprint density at radius 1 is 1.20 bits per heavy atom. The van der Waals surface area contributed by atoms with Gasteiger partial charge in [-0.2, -0.15) is 0 Å². The third-order valence-corrected chi connectivity index (χ3v) is 4.13. The van der Waals surface area contributed by atoms with Gasteiger partial charge in [-0.15, -0.1) is 0 Å². The third kappa shape index (κ3) is 2.50.